The molecular formula is C23H31NO6. The van der Waals surface area contributed by atoms with Crippen LogP contribution in [0.5, 0.6) is 0 Å². The summed E-state index contributed by atoms with van der Waals surface area (Å²) in [6.45, 7) is 7.66. The van der Waals surface area contributed by atoms with E-state index in [1.54, 1.807) is 24.4 Å². The summed E-state index contributed by atoms with van der Waals surface area (Å²) in [6, 6.07) is 5.17. The van der Waals surface area contributed by atoms with E-state index in [2.05, 4.69) is 25.8 Å². The minimum Gasteiger partial charge on any atom is -0.457 e. The first-order valence-corrected chi connectivity index (χ1v) is 10.9. The zero-order chi connectivity index (χ0) is 21.7. The molecule has 3 heterocycles. The van der Waals surface area contributed by atoms with E-state index >= 15 is 0 Å². The summed E-state index contributed by atoms with van der Waals surface area (Å²) >= 11 is 0. The minimum atomic E-state index is -0.765. The summed E-state index contributed by atoms with van der Waals surface area (Å²) in [5.41, 5.74) is -1.16. The highest BCUT2D eigenvalue weighted by atomic mass is 16.6. The standard InChI is InChI=1S/C23H31NO6/c1-13(2)23-11-17(28-18(26)12-25)22(4,30-23)15-9-8-14(3)19(15)20(23)29-21(27)16-7-5-6-10-24-16/h5-7,10,13-15,17,19-20,25H,8-9,11-12H2,1-4H3/t14-,15-,17-,19-,20+,22+,23-/m1/s1. The van der Waals surface area contributed by atoms with Crippen LogP contribution in [-0.4, -0.2) is 52.0 Å². The van der Waals surface area contributed by atoms with Crippen molar-refractivity contribution in [2.75, 3.05) is 6.61 Å². The van der Waals surface area contributed by atoms with E-state index in [4.69, 9.17) is 14.2 Å². The molecule has 3 aliphatic rings. The third kappa shape index (κ3) is 3.14. The predicted molar refractivity (Wildman–Crippen MR) is 107 cm³/mol. The van der Waals surface area contributed by atoms with Crippen molar-refractivity contribution in [3.63, 3.8) is 0 Å². The lowest BCUT2D eigenvalue weighted by Crippen LogP contribution is -2.62. The first-order valence-electron chi connectivity index (χ1n) is 10.9. The molecule has 0 amide bonds. The molecule has 7 nitrogen and oxygen atoms in total. The second-order valence-electron chi connectivity index (χ2n) is 9.52. The number of esters is 2. The van der Waals surface area contributed by atoms with Crippen molar-refractivity contribution in [3.8, 4) is 0 Å². The number of rotatable bonds is 5. The Bertz CT molecular complexity index is 813. The predicted octanol–water partition coefficient (Wildman–Crippen LogP) is 2.76. The lowest BCUT2D eigenvalue weighted by Gasteiger charge is -2.52. The molecule has 0 radical (unpaired) electrons. The molecule has 0 unspecified atom stereocenters. The van der Waals surface area contributed by atoms with Gasteiger partial charge in [-0.05, 0) is 49.7 Å². The van der Waals surface area contributed by atoms with Crippen LogP contribution < -0.4 is 0 Å². The third-order valence-corrected chi connectivity index (χ3v) is 7.66. The first-order chi connectivity index (χ1) is 14.2. The monoisotopic (exact) mass is 417 g/mol. The lowest BCUT2D eigenvalue weighted by atomic mass is 9.69. The molecule has 7 heteroatoms. The van der Waals surface area contributed by atoms with Crippen LogP contribution in [0.2, 0.25) is 0 Å². The fourth-order valence-electron chi connectivity index (χ4n) is 6.10. The number of pyridine rings is 1. The fourth-order valence-corrected chi connectivity index (χ4v) is 6.10. The summed E-state index contributed by atoms with van der Waals surface area (Å²) in [7, 11) is 0. The lowest BCUT2D eigenvalue weighted by molar-refractivity contribution is -0.259. The topological polar surface area (TPSA) is 95.0 Å². The van der Waals surface area contributed by atoms with Gasteiger partial charge in [-0.15, -0.1) is 0 Å². The average molecular weight is 418 g/mol. The van der Waals surface area contributed by atoms with Crippen molar-refractivity contribution in [2.24, 2.45) is 23.7 Å². The van der Waals surface area contributed by atoms with E-state index in [0.717, 1.165) is 12.8 Å². The molecule has 1 saturated carbocycles. The summed E-state index contributed by atoms with van der Waals surface area (Å²) < 4.78 is 18.6. The van der Waals surface area contributed by atoms with Crippen molar-refractivity contribution >= 4 is 11.9 Å². The molecule has 1 aromatic rings. The largest absolute Gasteiger partial charge is 0.457 e. The van der Waals surface area contributed by atoms with Gasteiger partial charge in [-0.2, -0.15) is 0 Å². The van der Waals surface area contributed by atoms with Gasteiger partial charge >= 0.3 is 11.9 Å². The van der Waals surface area contributed by atoms with Crippen molar-refractivity contribution in [1.82, 2.24) is 4.98 Å². The van der Waals surface area contributed by atoms with Crippen molar-refractivity contribution in [1.29, 1.82) is 0 Å². The van der Waals surface area contributed by atoms with Gasteiger partial charge in [0.05, 0.1) is 0 Å². The first kappa shape index (κ1) is 21.2. The third-order valence-electron chi connectivity index (χ3n) is 7.66. The van der Waals surface area contributed by atoms with Crippen LogP contribution in [0.1, 0.15) is 57.4 Å². The molecule has 0 aromatic carbocycles. The molecule has 1 N–H and O–H groups in total. The molecule has 3 fully saturated rings. The Labute approximate surface area is 177 Å². The van der Waals surface area contributed by atoms with E-state index < -0.39 is 42.0 Å². The average Bonchev–Trinajstić information content (AvgIpc) is 3.24. The summed E-state index contributed by atoms with van der Waals surface area (Å²) in [5.74, 6) is -0.519. The second-order valence-corrected chi connectivity index (χ2v) is 9.52. The number of aliphatic hydroxyl groups is 1. The van der Waals surface area contributed by atoms with Crippen LogP contribution in [0.15, 0.2) is 24.4 Å². The highest BCUT2D eigenvalue weighted by Crippen LogP contribution is 2.63. The van der Waals surface area contributed by atoms with E-state index in [1.807, 2.05) is 6.92 Å². The van der Waals surface area contributed by atoms with Gasteiger partial charge in [0.1, 0.15) is 35.7 Å². The highest BCUT2D eigenvalue weighted by molar-refractivity contribution is 5.87. The Morgan fingerprint density at radius 2 is 2.07 bits per heavy atom. The molecule has 30 heavy (non-hydrogen) atoms. The molecule has 1 aromatic heterocycles. The number of fused-ring (bicyclic) bond motifs is 4. The zero-order valence-electron chi connectivity index (χ0n) is 18.0. The smallest absolute Gasteiger partial charge is 0.357 e. The van der Waals surface area contributed by atoms with Gasteiger partial charge in [0.2, 0.25) is 0 Å². The number of carbonyl (C=O) groups excluding carboxylic acids is 2. The summed E-state index contributed by atoms with van der Waals surface area (Å²) in [5, 5.41) is 9.23. The van der Waals surface area contributed by atoms with Crippen LogP contribution in [0.4, 0.5) is 0 Å². The summed E-state index contributed by atoms with van der Waals surface area (Å²) in [6.07, 6.45) is 2.98. The maximum Gasteiger partial charge on any atom is 0.357 e. The van der Waals surface area contributed by atoms with Crippen LogP contribution in [0.25, 0.3) is 0 Å². The van der Waals surface area contributed by atoms with E-state index in [0.29, 0.717) is 12.3 Å². The van der Waals surface area contributed by atoms with E-state index in [9.17, 15) is 14.7 Å². The second kappa shape index (κ2) is 7.61. The van der Waals surface area contributed by atoms with Crippen LogP contribution >= 0.6 is 0 Å². The van der Waals surface area contributed by atoms with Gasteiger partial charge in [0.15, 0.2) is 0 Å². The maximum absolute atomic E-state index is 13.0. The fraction of sp³-hybridized carbons (Fsp3) is 0.696. The molecule has 2 bridgehead atoms. The molecule has 164 valence electrons. The normalized spacial score (nSPS) is 39.6. The Morgan fingerprint density at radius 3 is 2.70 bits per heavy atom. The molecule has 4 rings (SSSR count). The number of hydrogen-bond donors (Lipinski definition) is 1. The van der Waals surface area contributed by atoms with Gasteiger partial charge < -0.3 is 19.3 Å². The Morgan fingerprint density at radius 1 is 1.30 bits per heavy atom. The Kier molecular flexibility index (Phi) is 5.39. The van der Waals surface area contributed by atoms with Crippen molar-refractivity contribution in [2.45, 2.75) is 70.4 Å². The van der Waals surface area contributed by atoms with E-state index in [-0.39, 0.29) is 23.4 Å². The Balaban J connectivity index is 1.73. The molecule has 7 atom stereocenters. The van der Waals surface area contributed by atoms with Gasteiger partial charge in [0, 0.05) is 18.5 Å². The van der Waals surface area contributed by atoms with Gasteiger partial charge in [-0.25, -0.2) is 14.6 Å². The van der Waals surface area contributed by atoms with Crippen LogP contribution in [0.3, 0.4) is 0 Å². The molecular weight excluding hydrogens is 386 g/mol. The maximum atomic E-state index is 13.0. The van der Waals surface area contributed by atoms with Crippen LogP contribution in [-0.2, 0) is 19.0 Å². The minimum absolute atomic E-state index is 0.0323. The number of aliphatic hydroxyl groups excluding tert-OH is 1. The van der Waals surface area contributed by atoms with Crippen molar-refractivity contribution < 1.29 is 28.9 Å². The molecule has 2 aliphatic heterocycles. The quantitative estimate of drug-likeness (QED) is 0.736. The van der Waals surface area contributed by atoms with Crippen molar-refractivity contribution in [3.05, 3.63) is 30.1 Å². The van der Waals surface area contributed by atoms with Gasteiger partial charge in [-0.3, -0.25) is 0 Å². The van der Waals surface area contributed by atoms with Gasteiger partial charge in [-0.1, -0.05) is 26.8 Å². The zero-order valence-corrected chi connectivity index (χ0v) is 18.0. The molecule has 0 spiro atoms. The van der Waals surface area contributed by atoms with Crippen LogP contribution in [0, 0.1) is 23.7 Å². The number of nitrogens with zero attached hydrogens (tertiary/aromatic N) is 1. The van der Waals surface area contributed by atoms with E-state index in [1.165, 1.54) is 0 Å². The SMILES string of the molecule is CC(C)[C@@]12C[C@@H](OC(=O)CO)[C@@](C)(O1)[C@@H]1CC[C@@H](C)[C@H]1[C@@H]2OC(=O)c1ccccn1. The highest BCUT2D eigenvalue weighted by Gasteiger charge is 2.72. The molecule has 1 aliphatic carbocycles. The Hall–Kier alpha value is -1.99. The number of ether oxygens (including phenoxy) is 3. The molecule has 2 saturated heterocycles. The van der Waals surface area contributed by atoms with Gasteiger partial charge in [0.25, 0.3) is 0 Å². The summed E-state index contributed by atoms with van der Waals surface area (Å²) in [4.78, 5) is 29.1. The number of hydrogen-bond acceptors (Lipinski definition) is 7. The number of carbonyl (C=O) groups is 2. The number of aromatic nitrogens is 1.